The number of aliphatic imine (C=N–C) groups is 1. The molecule has 0 aromatic carbocycles. The summed E-state index contributed by atoms with van der Waals surface area (Å²) in [6.07, 6.45) is 9.24. The number of amides is 2. The number of hydrogen-bond acceptors (Lipinski definition) is 10. The maximum Gasteiger partial charge on any atom is 0.333 e. The van der Waals surface area contributed by atoms with Gasteiger partial charge in [0.25, 0.3) is 0 Å². The van der Waals surface area contributed by atoms with Crippen LogP contribution in [0, 0.1) is 0 Å². The van der Waals surface area contributed by atoms with Crippen LogP contribution in [-0.2, 0) is 30.5 Å². The number of fused-ring (bicyclic) bond motifs is 4. The highest BCUT2D eigenvalue weighted by molar-refractivity contribution is 8.14. The van der Waals surface area contributed by atoms with Crippen LogP contribution in [-0.4, -0.2) is 62.1 Å². The van der Waals surface area contributed by atoms with E-state index in [4.69, 9.17) is 4.74 Å². The smallest absolute Gasteiger partial charge is 0.333 e. The van der Waals surface area contributed by atoms with Crippen LogP contribution < -0.4 is 10.6 Å². The Balaban J connectivity index is 1.66. The Kier molecular flexibility index (Phi) is 13.1. The Morgan fingerprint density at radius 3 is 2.80 bits per heavy atom. The average molecular weight is 621 g/mol. The largest absolute Gasteiger partial charge is 0.456 e. The van der Waals surface area contributed by atoms with Crippen molar-refractivity contribution in [1.82, 2.24) is 15.6 Å². The van der Waals surface area contributed by atoms with Gasteiger partial charge in [0.2, 0.25) is 11.8 Å². The first-order valence-corrected chi connectivity index (χ1v) is 16.9. The zero-order valence-corrected chi connectivity index (χ0v) is 26.5. The van der Waals surface area contributed by atoms with Crippen molar-refractivity contribution in [2.75, 3.05) is 11.5 Å². The minimum atomic E-state index is -1.09. The lowest BCUT2D eigenvalue weighted by Crippen LogP contribution is -2.51. The number of aromatic nitrogens is 1. The van der Waals surface area contributed by atoms with Crippen molar-refractivity contribution in [2.45, 2.75) is 96.4 Å². The van der Waals surface area contributed by atoms with Crippen LogP contribution in [0.1, 0.15) is 82.8 Å². The van der Waals surface area contributed by atoms with E-state index >= 15 is 0 Å². The van der Waals surface area contributed by atoms with E-state index in [-0.39, 0.29) is 24.0 Å². The lowest BCUT2D eigenvalue weighted by atomic mass is 10.0. The first kappa shape index (κ1) is 33.1. The fraction of sp³-hybridized carbons (Fsp3) is 0.586. The number of thiazole rings is 1. The molecule has 2 N–H and O–H groups in total. The van der Waals surface area contributed by atoms with Gasteiger partial charge in [0, 0.05) is 23.3 Å². The summed E-state index contributed by atoms with van der Waals surface area (Å²) < 4.78 is 5.71. The second kappa shape index (κ2) is 16.3. The third-order valence-corrected chi connectivity index (χ3v) is 9.67. The van der Waals surface area contributed by atoms with Gasteiger partial charge in [0.15, 0.2) is 5.12 Å². The van der Waals surface area contributed by atoms with E-state index in [1.165, 1.54) is 54.1 Å². The SMILES string of the molecule is C=C(C)C1NC(=O)C2(C)CSC(=N2)c2csc(n2)CNC(=O)CC(/C=C/CCSC(=O)CCCCCCC)OC1=O. The number of unbranched alkanes of at least 4 members (excludes halogenated alkanes) is 4. The summed E-state index contributed by atoms with van der Waals surface area (Å²) in [4.78, 5) is 60.6. The topological polar surface area (TPSA) is 127 Å². The molecule has 224 valence electrons. The summed E-state index contributed by atoms with van der Waals surface area (Å²) in [7, 11) is 0. The second-order valence-corrected chi connectivity index (χ2v) is 13.5. The summed E-state index contributed by atoms with van der Waals surface area (Å²) in [6, 6.07) is -1.09. The normalized spacial score (nSPS) is 23.6. The Hall–Kier alpha value is -2.44. The summed E-state index contributed by atoms with van der Waals surface area (Å²) in [5.74, 6) is -0.411. The summed E-state index contributed by atoms with van der Waals surface area (Å²) >= 11 is 4.13. The molecule has 0 fully saturated rings. The van der Waals surface area contributed by atoms with Gasteiger partial charge in [-0.3, -0.25) is 19.4 Å². The molecule has 41 heavy (non-hydrogen) atoms. The Morgan fingerprint density at radius 2 is 2.05 bits per heavy atom. The highest BCUT2D eigenvalue weighted by atomic mass is 32.2. The maximum absolute atomic E-state index is 13.2. The first-order valence-electron chi connectivity index (χ1n) is 14.0. The number of carbonyl (C=O) groups is 4. The van der Waals surface area contributed by atoms with Gasteiger partial charge in [-0.1, -0.05) is 57.0 Å². The molecule has 3 heterocycles. The van der Waals surface area contributed by atoms with E-state index in [1.807, 2.05) is 11.5 Å². The first-order chi connectivity index (χ1) is 19.6. The molecule has 0 saturated carbocycles. The van der Waals surface area contributed by atoms with Crippen molar-refractivity contribution < 1.29 is 23.9 Å². The van der Waals surface area contributed by atoms with Crippen molar-refractivity contribution in [3.8, 4) is 0 Å². The molecule has 3 unspecified atom stereocenters. The van der Waals surface area contributed by atoms with E-state index in [0.717, 1.165) is 12.8 Å². The number of nitrogens with zero attached hydrogens (tertiary/aromatic N) is 2. The molecule has 2 amide bonds. The minimum absolute atomic E-state index is 0.0958. The van der Waals surface area contributed by atoms with E-state index in [1.54, 1.807) is 19.9 Å². The fourth-order valence-electron chi connectivity index (χ4n) is 4.13. The van der Waals surface area contributed by atoms with Gasteiger partial charge in [-0.15, -0.1) is 23.1 Å². The number of hydrogen-bond donors (Lipinski definition) is 2. The lowest BCUT2D eigenvalue weighted by Gasteiger charge is -2.25. The monoisotopic (exact) mass is 620 g/mol. The molecule has 1 aromatic rings. The summed E-state index contributed by atoms with van der Waals surface area (Å²) in [6.45, 7) is 9.62. The molecule has 1 aromatic heterocycles. The minimum Gasteiger partial charge on any atom is -0.456 e. The number of nitrogens with one attached hydrogen (secondary N) is 2. The number of rotatable bonds is 11. The molecule has 0 saturated heterocycles. The van der Waals surface area contributed by atoms with Crippen LogP contribution in [0.5, 0.6) is 0 Å². The molecular formula is C29H40N4O5S3. The maximum atomic E-state index is 13.2. The molecule has 12 heteroatoms. The highest BCUT2D eigenvalue weighted by Crippen LogP contribution is 2.32. The van der Waals surface area contributed by atoms with Crippen molar-refractivity contribution in [1.29, 1.82) is 0 Å². The second-order valence-electron chi connectivity index (χ2n) is 10.4. The molecular weight excluding hydrogens is 581 g/mol. The lowest BCUT2D eigenvalue weighted by molar-refractivity contribution is -0.151. The van der Waals surface area contributed by atoms with Crippen LogP contribution >= 0.6 is 34.9 Å². The van der Waals surface area contributed by atoms with Crippen molar-refractivity contribution >= 4 is 62.8 Å². The van der Waals surface area contributed by atoms with Gasteiger partial charge < -0.3 is 15.4 Å². The number of esters is 1. The number of allylic oxidation sites excluding steroid dienone is 1. The Bertz CT molecular complexity index is 1180. The summed E-state index contributed by atoms with van der Waals surface area (Å²) in [5, 5.41) is 8.99. The van der Waals surface area contributed by atoms with Gasteiger partial charge in [-0.05, 0) is 38.3 Å². The number of carbonyl (C=O) groups excluding carboxylic acids is 4. The number of ether oxygens (including phenoxy) is 1. The molecule has 9 nitrogen and oxygen atoms in total. The summed E-state index contributed by atoms with van der Waals surface area (Å²) in [5.41, 5.74) is -0.00585. The van der Waals surface area contributed by atoms with E-state index in [0.29, 0.717) is 45.7 Å². The molecule has 0 aliphatic carbocycles. The predicted molar refractivity (Wildman–Crippen MR) is 167 cm³/mol. The van der Waals surface area contributed by atoms with Crippen LogP contribution in [0.4, 0.5) is 0 Å². The van der Waals surface area contributed by atoms with Gasteiger partial charge in [0.1, 0.15) is 33.4 Å². The third-order valence-electron chi connectivity index (χ3n) is 6.58. The molecule has 4 bridgehead atoms. The zero-order valence-electron chi connectivity index (χ0n) is 24.0. The van der Waals surface area contributed by atoms with Crippen molar-refractivity contribution in [3.05, 3.63) is 40.4 Å². The Morgan fingerprint density at radius 1 is 1.27 bits per heavy atom. The number of thioether (sulfide) groups is 2. The molecule has 2 aliphatic rings. The quantitative estimate of drug-likeness (QED) is 0.202. The van der Waals surface area contributed by atoms with Gasteiger partial charge in [-0.2, -0.15) is 0 Å². The van der Waals surface area contributed by atoms with Crippen LogP contribution in [0.15, 0.2) is 34.7 Å². The van der Waals surface area contributed by atoms with E-state index in [9.17, 15) is 19.2 Å². The average Bonchev–Trinajstić information content (AvgIpc) is 3.56. The van der Waals surface area contributed by atoms with Gasteiger partial charge in [0.05, 0.1) is 13.0 Å². The Labute approximate surface area is 254 Å². The van der Waals surface area contributed by atoms with Crippen molar-refractivity contribution in [2.24, 2.45) is 4.99 Å². The highest BCUT2D eigenvalue weighted by Gasteiger charge is 2.41. The standard InChI is InChI=1S/C29H40N4O5S3/c1-5-6-7-8-9-13-24(35)39-14-11-10-12-20-15-22(34)30-16-23-31-21(17-40-23)26-33-29(4,18-41-26)28(37)32-25(19(2)3)27(36)38-20/h10,12,17,20,25H,2,5-9,11,13-16,18H2,1,3-4H3,(H,30,34)(H,32,37)/b12-10+. The van der Waals surface area contributed by atoms with Gasteiger partial charge in [-0.25, -0.2) is 9.78 Å². The van der Waals surface area contributed by atoms with E-state index in [2.05, 4.69) is 34.1 Å². The van der Waals surface area contributed by atoms with Crippen LogP contribution in [0.25, 0.3) is 0 Å². The fourth-order valence-corrected chi connectivity index (χ4v) is 6.83. The van der Waals surface area contributed by atoms with Crippen LogP contribution in [0.3, 0.4) is 0 Å². The van der Waals surface area contributed by atoms with E-state index < -0.39 is 29.6 Å². The van der Waals surface area contributed by atoms with Crippen molar-refractivity contribution in [3.63, 3.8) is 0 Å². The molecule has 0 spiro atoms. The zero-order chi connectivity index (χ0) is 29.8. The molecule has 3 atom stereocenters. The molecule has 2 aliphatic heterocycles. The third kappa shape index (κ3) is 10.4. The molecule has 3 rings (SSSR count). The molecule has 0 radical (unpaired) electrons. The van der Waals surface area contributed by atoms with Crippen LogP contribution in [0.2, 0.25) is 0 Å². The predicted octanol–water partition coefficient (Wildman–Crippen LogP) is 4.95. The number of cyclic esters (lactones) is 1. The van der Waals surface area contributed by atoms with Gasteiger partial charge >= 0.3 is 5.97 Å².